The lowest BCUT2D eigenvalue weighted by Crippen LogP contribution is -2.41. The number of aromatic nitrogens is 2. The molecule has 1 N–H and O–H groups in total. The highest BCUT2D eigenvalue weighted by molar-refractivity contribution is 6.31. The predicted octanol–water partition coefficient (Wildman–Crippen LogP) is 4.96. The molecular formula is C23H23ClN4O. The van der Waals surface area contributed by atoms with Crippen LogP contribution in [0.3, 0.4) is 0 Å². The van der Waals surface area contributed by atoms with E-state index in [1.807, 2.05) is 61.5 Å². The third-order valence-corrected chi connectivity index (χ3v) is 5.77. The minimum absolute atomic E-state index is 0.0254. The monoisotopic (exact) mass is 406 g/mol. The van der Waals surface area contributed by atoms with Crippen molar-refractivity contribution >= 4 is 29.0 Å². The van der Waals surface area contributed by atoms with Crippen molar-refractivity contribution in [2.24, 2.45) is 5.92 Å². The molecular weight excluding hydrogens is 384 g/mol. The Labute approximate surface area is 175 Å². The van der Waals surface area contributed by atoms with Crippen LogP contribution in [0.4, 0.5) is 11.5 Å². The van der Waals surface area contributed by atoms with Crippen LogP contribution in [0.25, 0.3) is 11.3 Å². The Kier molecular flexibility index (Phi) is 5.76. The van der Waals surface area contributed by atoms with Gasteiger partial charge in [-0.05, 0) is 37.5 Å². The highest BCUT2D eigenvalue weighted by atomic mass is 35.5. The Hall–Kier alpha value is -2.92. The van der Waals surface area contributed by atoms with Crippen LogP contribution in [-0.2, 0) is 4.79 Å². The molecule has 1 unspecified atom stereocenters. The van der Waals surface area contributed by atoms with Crippen molar-refractivity contribution in [1.29, 1.82) is 0 Å². The molecule has 0 aliphatic carbocycles. The maximum atomic E-state index is 12.9. The summed E-state index contributed by atoms with van der Waals surface area (Å²) in [6.45, 7) is 3.43. The van der Waals surface area contributed by atoms with Gasteiger partial charge in [-0.2, -0.15) is 0 Å². The van der Waals surface area contributed by atoms with E-state index >= 15 is 0 Å². The van der Waals surface area contributed by atoms with Gasteiger partial charge in [0.1, 0.15) is 12.1 Å². The van der Waals surface area contributed by atoms with E-state index in [0.717, 1.165) is 47.7 Å². The van der Waals surface area contributed by atoms with Crippen LogP contribution in [0.5, 0.6) is 0 Å². The van der Waals surface area contributed by atoms with Crippen molar-refractivity contribution in [1.82, 2.24) is 9.97 Å². The number of piperidine rings is 1. The summed E-state index contributed by atoms with van der Waals surface area (Å²) in [5.41, 5.74) is 3.60. The summed E-state index contributed by atoms with van der Waals surface area (Å²) in [5, 5.41) is 3.70. The summed E-state index contributed by atoms with van der Waals surface area (Å²) in [7, 11) is 0. The van der Waals surface area contributed by atoms with Crippen molar-refractivity contribution in [3.05, 3.63) is 71.5 Å². The Morgan fingerprint density at radius 3 is 2.79 bits per heavy atom. The summed E-state index contributed by atoms with van der Waals surface area (Å²) in [5.74, 6) is 0.782. The molecule has 148 valence electrons. The van der Waals surface area contributed by atoms with Gasteiger partial charge in [-0.3, -0.25) is 4.79 Å². The number of halogens is 1. The lowest BCUT2D eigenvalue weighted by Gasteiger charge is -2.33. The summed E-state index contributed by atoms with van der Waals surface area (Å²) in [4.78, 5) is 23.9. The van der Waals surface area contributed by atoms with Crippen molar-refractivity contribution in [3.8, 4) is 11.3 Å². The molecule has 0 radical (unpaired) electrons. The number of hydrogen-bond acceptors (Lipinski definition) is 4. The van der Waals surface area contributed by atoms with Crippen LogP contribution in [0.1, 0.15) is 18.4 Å². The van der Waals surface area contributed by atoms with E-state index in [0.29, 0.717) is 11.6 Å². The molecule has 2 aromatic carbocycles. The second-order valence-electron chi connectivity index (χ2n) is 7.31. The molecule has 4 rings (SSSR count). The molecule has 1 saturated heterocycles. The molecule has 1 amide bonds. The van der Waals surface area contributed by atoms with E-state index in [4.69, 9.17) is 11.6 Å². The Balaban J connectivity index is 1.48. The Morgan fingerprint density at radius 2 is 1.97 bits per heavy atom. The number of rotatable bonds is 4. The lowest BCUT2D eigenvalue weighted by atomic mass is 9.96. The minimum atomic E-state index is -0.0997. The van der Waals surface area contributed by atoms with Crippen LogP contribution in [0, 0.1) is 12.8 Å². The van der Waals surface area contributed by atoms with E-state index in [9.17, 15) is 4.79 Å². The molecule has 1 aliphatic heterocycles. The number of nitrogens with one attached hydrogen (secondary N) is 1. The average Bonchev–Trinajstić information content (AvgIpc) is 2.78. The van der Waals surface area contributed by atoms with E-state index in [2.05, 4.69) is 20.2 Å². The number of carbonyl (C=O) groups excluding carboxylic acids is 1. The zero-order chi connectivity index (χ0) is 20.2. The molecule has 1 fully saturated rings. The van der Waals surface area contributed by atoms with Crippen LogP contribution < -0.4 is 10.2 Å². The van der Waals surface area contributed by atoms with Gasteiger partial charge in [0, 0.05) is 35.4 Å². The van der Waals surface area contributed by atoms with Gasteiger partial charge >= 0.3 is 0 Å². The smallest absolute Gasteiger partial charge is 0.229 e. The molecule has 29 heavy (non-hydrogen) atoms. The van der Waals surface area contributed by atoms with Crippen molar-refractivity contribution in [2.75, 3.05) is 23.3 Å². The molecule has 1 aliphatic rings. The Bertz CT molecular complexity index is 1010. The predicted molar refractivity (Wildman–Crippen MR) is 117 cm³/mol. The zero-order valence-electron chi connectivity index (χ0n) is 16.3. The first kappa shape index (κ1) is 19.4. The summed E-state index contributed by atoms with van der Waals surface area (Å²) < 4.78 is 0. The first-order valence-electron chi connectivity index (χ1n) is 9.80. The normalized spacial score (nSPS) is 16.5. The fourth-order valence-electron chi connectivity index (χ4n) is 3.66. The molecule has 1 atom stereocenters. The van der Waals surface area contributed by atoms with Gasteiger partial charge in [0.15, 0.2) is 0 Å². The number of anilines is 2. The van der Waals surface area contributed by atoms with Crippen molar-refractivity contribution in [2.45, 2.75) is 19.8 Å². The highest BCUT2D eigenvalue weighted by Crippen LogP contribution is 2.27. The minimum Gasteiger partial charge on any atom is -0.356 e. The molecule has 0 bridgehead atoms. The second-order valence-corrected chi connectivity index (χ2v) is 7.72. The number of hydrogen-bond donors (Lipinski definition) is 1. The first-order valence-corrected chi connectivity index (χ1v) is 10.2. The Morgan fingerprint density at radius 1 is 1.14 bits per heavy atom. The highest BCUT2D eigenvalue weighted by Gasteiger charge is 2.27. The molecule has 5 nitrogen and oxygen atoms in total. The fraction of sp³-hybridized carbons (Fsp3) is 0.261. The van der Waals surface area contributed by atoms with E-state index in [1.54, 1.807) is 6.33 Å². The molecule has 3 aromatic rings. The third-order valence-electron chi connectivity index (χ3n) is 5.36. The number of amides is 1. The van der Waals surface area contributed by atoms with Gasteiger partial charge in [0.2, 0.25) is 5.91 Å². The quantitative estimate of drug-likeness (QED) is 0.665. The largest absolute Gasteiger partial charge is 0.356 e. The number of nitrogens with zero attached hydrogens (tertiary/aromatic N) is 3. The number of benzene rings is 2. The molecule has 0 saturated carbocycles. The molecule has 0 spiro atoms. The van der Waals surface area contributed by atoms with Crippen LogP contribution >= 0.6 is 11.6 Å². The van der Waals surface area contributed by atoms with E-state index in [1.165, 1.54) is 0 Å². The van der Waals surface area contributed by atoms with Crippen LogP contribution in [0.15, 0.2) is 60.9 Å². The van der Waals surface area contributed by atoms with Gasteiger partial charge in [-0.25, -0.2) is 9.97 Å². The standard InChI is InChI=1S/C23H23ClN4O/c1-16-19(24)10-5-11-20(16)27-23(29)18-9-6-12-28(14-18)22-13-21(25-15-26-22)17-7-3-2-4-8-17/h2-5,7-8,10-11,13,15,18H,6,9,12,14H2,1H3,(H,27,29). The van der Waals surface area contributed by atoms with Gasteiger partial charge < -0.3 is 10.2 Å². The van der Waals surface area contributed by atoms with E-state index in [-0.39, 0.29) is 11.8 Å². The van der Waals surface area contributed by atoms with Gasteiger partial charge in [-0.1, -0.05) is 48.0 Å². The van der Waals surface area contributed by atoms with Crippen molar-refractivity contribution < 1.29 is 4.79 Å². The van der Waals surface area contributed by atoms with Gasteiger partial charge in [-0.15, -0.1) is 0 Å². The average molecular weight is 407 g/mol. The topological polar surface area (TPSA) is 58.1 Å². The zero-order valence-corrected chi connectivity index (χ0v) is 17.1. The molecule has 6 heteroatoms. The summed E-state index contributed by atoms with van der Waals surface area (Å²) in [6.07, 6.45) is 3.40. The van der Waals surface area contributed by atoms with E-state index < -0.39 is 0 Å². The summed E-state index contributed by atoms with van der Waals surface area (Å²) in [6, 6.07) is 17.6. The third kappa shape index (κ3) is 4.40. The maximum Gasteiger partial charge on any atom is 0.229 e. The first-order chi connectivity index (χ1) is 14.1. The van der Waals surface area contributed by atoms with Crippen LogP contribution in [-0.4, -0.2) is 29.0 Å². The summed E-state index contributed by atoms with van der Waals surface area (Å²) >= 11 is 6.18. The molecule has 2 heterocycles. The number of carbonyl (C=O) groups is 1. The fourth-order valence-corrected chi connectivity index (χ4v) is 3.84. The molecule has 1 aromatic heterocycles. The second kappa shape index (κ2) is 8.62. The van der Waals surface area contributed by atoms with Crippen molar-refractivity contribution in [3.63, 3.8) is 0 Å². The van der Waals surface area contributed by atoms with Crippen LogP contribution in [0.2, 0.25) is 5.02 Å². The van der Waals surface area contributed by atoms with Gasteiger partial charge in [0.05, 0.1) is 11.6 Å². The SMILES string of the molecule is Cc1c(Cl)cccc1NC(=O)C1CCCN(c2cc(-c3ccccc3)ncn2)C1. The van der Waals surface area contributed by atoms with Gasteiger partial charge in [0.25, 0.3) is 0 Å². The lowest BCUT2D eigenvalue weighted by molar-refractivity contribution is -0.120. The maximum absolute atomic E-state index is 12.9.